The highest BCUT2D eigenvalue weighted by Crippen LogP contribution is 2.32. The van der Waals surface area contributed by atoms with Crippen LogP contribution in [0.1, 0.15) is 31.2 Å². The smallest absolute Gasteiger partial charge is 0.151 e. The van der Waals surface area contributed by atoms with Crippen LogP contribution in [0, 0.1) is 5.92 Å². The first-order valence-corrected chi connectivity index (χ1v) is 10.3. The highest BCUT2D eigenvalue weighted by atomic mass is 32.2. The van der Waals surface area contributed by atoms with Gasteiger partial charge in [0.05, 0.1) is 11.6 Å². The normalized spacial score (nSPS) is 25.3. The minimum atomic E-state index is -0.185. The van der Waals surface area contributed by atoms with Gasteiger partial charge in [-0.1, -0.05) is 12.8 Å². The molecule has 0 spiro atoms. The summed E-state index contributed by atoms with van der Waals surface area (Å²) in [6, 6.07) is 0. The molecule has 2 atom stereocenters. The van der Waals surface area contributed by atoms with Crippen LogP contribution in [0.4, 0.5) is 5.82 Å². The Kier molecular flexibility index (Phi) is 5.15. The van der Waals surface area contributed by atoms with E-state index < -0.39 is 0 Å². The van der Waals surface area contributed by atoms with E-state index in [2.05, 4.69) is 31.6 Å². The maximum atomic E-state index is 10.4. The molecule has 2 aromatic rings. The van der Waals surface area contributed by atoms with Crippen LogP contribution in [0.3, 0.4) is 0 Å². The van der Waals surface area contributed by atoms with Crippen molar-refractivity contribution >= 4 is 28.6 Å². The molecule has 2 aliphatic rings. The van der Waals surface area contributed by atoms with Gasteiger partial charge in [-0.25, -0.2) is 9.97 Å². The molecule has 0 amide bonds. The molecule has 4 rings (SSSR count). The fourth-order valence-electron chi connectivity index (χ4n) is 4.08. The third-order valence-electron chi connectivity index (χ3n) is 5.60. The lowest BCUT2D eigenvalue weighted by molar-refractivity contribution is 0.150. The molecule has 2 fully saturated rings. The van der Waals surface area contributed by atoms with Crippen molar-refractivity contribution in [1.82, 2.24) is 19.9 Å². The maximum Gasteiger partial charge on any atom is 0.151 e. The third kappa shape index (κ3) is 3.78. The molecular weight excluding hydrogens is 334 g/mol. The molecule has 4 N–H and O–H groups in total. The van der Waals surface area contributed by atoms with E-state index in [-0.39, 0.29) is 6.10 Å². The SMILES string of the molecule is Nc1ncnc2c(CCN3C[C@H](CSC4CCCC4)[C@@H](O)C3)c[nH]c12. The van der Waals surface area contributed by atoms with Crippen LogP contribution in [0.25, 0.3) is 11.0 Å². The Morgan fingerprint density at radius 3 is 2.96 bits per heavy atom. The number of aliphatic hydroxyl groups is 1. The van der Waals surface area contributed by atoms with Crippen molar-refractivity contribution < 1.29 is 5.11 Å². The number of H-pyrrole nitrogens is 1. The fraction of sp³-hybridized carbons (Fsp3) is 0.667. The third-order valence-corrected chi connectivity index (χ3v) is 7.16. The Morgan fingerprint density at radius 2 is 2.12 bits per heavy atom. The van der Waals surface area contributed by atoms with Crippen LogP contribution in [0.2, 0.25) is 0 Å². The number of nitrogens with two attached hydrogens (primary N) is 1. The van der Waals surface area contributed by atoms with Crippen LogP contribution in [-0.2, 0) is 6.42 Å². The molecule has 2 aromatic heterocycles. The van der Waals surface area contributed by atoms with Gasteiger partial charge >= 0.3 is 0 Å². The van der Waals surface area contributed by atoms with Gasteiger partial charge in [-0.05, 0) is 24.8 Å². The topological polar surface area (TPSA) is 91.1 Å². The molecule has 7 heteroatoms. The number of aliphatic hydroxyl groups excluding tert-OH is 1. The van der Waals surface area contributed by atoms with E-state index in [1.807, 2.05) is 6.20 Å². The van der Waals surface area contributed by atoms with Gasteiger partial charge in [-0.15, -0.1) is 0 Å². The number of rotatable bonds is 6. The van der Waals surface area contributed by atoms with Crippen LogP contribution in [0.5, 0.6) is 0 Å². The van der Waals surface area contributed by atoms with Gasteiger partial charge in [0.1, 0.15) is 11.8 Å². The predicted octanol–water partition coefficient (Wildman–Crippen LogP) is 2.05. The number of hydrogen-bond acceptors (Lipinski definition) is 6. The summed E-state index contributed by atoms with van der Waals surface area (Å²) >= 11 is 2.08. The number of nitrogens with zero attached hydrogens (tertiary/aromatic N) is 3. The molecule has 6 nitrogen and oxygen atoms in total. The number of fused-ring (bicyclic) bond motifs is 1. The number of anilines is 1. The van der Waals surface area contributed by atoms with E-state index in [1.165, 1.54) is 37.6 Å². The standard InChI is InChI=1S/C18H27N5OS/c19-18-17-16(21-11-22-18)12(7-20-17)5-6-23-8-13(15(24)9-23)10-25-14-3-1-2-4-14/h7,11,13-15,20,24H,1-6,8-10H2,(H2,19,21,22)/t13-,15+/m1/s1. The van der Waals surface area contributed by atoms with Gasteiger partial charge < -0.3 is 20.7 Å². The molecular formula is C18H27N5OS. The van der Waals surface area contributed by atoms with E-state index in [1.54, 1.807) is 0 Å². The summed E-state index contributed by atoms with van der Waals surface area (Å²) in [5, 5.41) is 11.2. The Hall–Kier alpha value is -1.31. The Morgan fingerprint density at radius 1 is 1.28 bits per heavy atom. The zero-order valence-corrected chi connectivity index (χ0v) is 15.3. The predicted molar refractivity (Wildman–Crippen MR) is 103 cm³/mol. The van der Waals surface area contributed by atoms with E-state index in [0.29, 0.717) is 11.7 Å². The van der Waals surface area contributed by atoms with Gasteiger partial charge in [-0.2, -0.15) is 11.8 Å². The largest absolute Gasteiger partial charge is 0.391 e. The number of likely N-dealkylation sites (tertiary alicyclic amines) is 1. The average molecular weight is 362 g/mol. The van der Waals surface area contributed by atoms with Gasteiger partial charge in [0.25, 0.3) is 0 Å². The molecule has 0 unspecified atom stereocenters. The molecule has 1 aliphatic heterocycles. The summed E-state index contributed by atoms with van der Waals surface area (Å²) in [5.74, 6) is 2.00. The van der Waals surface area contributed by atoms with E-state index in [9.17, 15) is 5.11 Å². The van der Waals surface area contributed by atoms with Crippen molar-refractivity contribution in [3.63, 3.8) is 0 Å². The number of aromatic nitrogens is 3. The van der Waals surface area contributed by atoms with Crippen molar-refractivity contribution in [3.8, 4) is 0 Å². The number of β-amino-alcohol motifs (C(OH)–C–C–N with tert-alkyl or cyclic N) is 1. The average Bonchev–Trinajstić information content (AvgIpc) is 3.32. The van der Waals surface area contributed by atoms with E-state index in [0.717, 1.165) is 48.1 Å². The van der Waals surface area contributed by atoms with Crippen LogP contribution >= 0.6 is 11.8 Å². The van der Waals surface area contributed by atoms with E-state index in [4.69, 9.17) is 5.73 Å². The lowest BCUT2D eigenvalue weighted by Crippen LogP contribution is -2.24. The number of aromatic amines is 1. The summed E-state index contributed by atoms with van der Waals surface area (Å²) in [4.78, 5) is 13.9. The van der Waals surface area contributed by atoms with Gasteiger partial charge in [0.2, 0.25) is 0 Å². The summed E-state index contributed by atoms with van der Waals surface area (Å²) < 4.78 is 0. The van der Waals surface area contributed by atoms with Gasteiger partial charge in [-0.3, -0.25) is 0 Å². The number of nitrogens with one attached hydrogen (secondary N) is 1. The zero-order chi connectivity index (χ0) is 17.2. The molecule has 0 bridgehead atoms. The van der Waals surface area contributed by atoms with Crippen molar-refractivity contribution in [2.45, 2.75) is 43.5 Å². The molecule has 3 heterocycles. The minimum absolute atomic E-state index is 0.185. The van der Waals surface area contributed by atoms with Crippen molar-refractivity contribution in [1.29, 1.82) is 0 Å². The Bertz CT molecular complexity index is 715. The second-order valence-electron chi connectivity index (χ2n) is 7.37. The van der Waals surface area contributed by atoms with Crippen molar-refractivity contribution in [2.75, 3.05) is 31.1 Å². The Labute approximate surface area is 152 Å². The summed E-state index contributed by atoms with van der Waals surface area (Å²) in [7, 11) is 0. The molecule has 1 aliphatic carbocycles. The lowest BCUT2D eigenvalue weighted by atomic mass is 10.1. The Balaban J connectivity index is 1.30. The van der Waals surface area contributed by atoms with Crippen molar-refractivity contribution in [3.05, 3.63) is 18.1 Å². The monoisotopic (exact) mass is 361 g/mol. The number of thioether (sulfide) groups is 1. The second kappa shape index (κ2) is 7.51. The number of hydrogen-bond donors (Lipinski definition) is 3. The quantitative estimate of drug-likeness (QED) is 0.729. The fourth-order valence-corrected chi connectivity index (χ4v) is 5.60. The summed E-state index contributed by atoms with van der Waals surface area (Å²) in [6.07, 6.45) is 9.72. The highest BCUT2D eigenvalue weighted by Gasteiger charge is 2.32. The zero-order valence-electron chi connectivity index (χ0n) is 14.5. The highest BCUT2D eigenvalue weighted by molar-refractivity contribution is 7.99. The summed E-state index contributed by atoms with van der Waals surface area (Å²) in [5.41, 5.74) is 8.79. The molecule has 0 radical (unpaired) electrons. The molecule has 1 saturated carbocycles. The molecule has 25 heavy (non-hydrogen) atoms. The van der Waals surface area contributed by atoms with Crippen LogP contribution in [0.15, 0.2) is 12.5 Å². The lowest BCUT2D eigenvalue weighted by Gasteiger charge is -2.16. The first-order chi connectivity index (χ1) is 12.2. The van der Waals surface area contributed by atoms with Crippen LogP contribution in [-0.4, -0.2) is 61.7 Å². The van der Waals surface area contributed by atoms with E-state index >= 15 is 0 Å². The minimum Gasteiger partial charge on any atom is -0.391 e. The first kappa shape index (κ1) is 17.1. The van der Waals surface area contributed by atoms with Gasteiger partial charge in [0.15, 0.2) is 5.82 Å². The first-order valence-electron chi connectivity index (χ1n) is 9.29. The number of nitrogen functional groups attached to an aromatic ring is 1. The summed E-state index contributed by atoms with van der Waals surface area (Å²) in [6.45, 7) is 2.73. The maximum absolute atomic E-state index is 10.4. The van der Waals surface area contributed by atoms with Gasteiger partial charge in [0, 0.05) is 42.8 Å². The van der Waals surface area contributed by atoms with Crippen LogP contribution < -0.4 is 5.73 Å². The molecule has 0 aromatic carbocycles. The second-order valence-corrected chi connectivity index (χ2v) is 8.71. The molecule has 1 saturated heterocycles. The molecule has 136 valence electrons. The van der Waals surface area contributed by atoms with Crippen molar-refractivity contribution in [2.24, 2.45) is 5.92 Å².